The first-order chi connectivity index (χ1) is 12.9. The van der Waals surface area contributed by atoms with Gasteiger partial charge in [-0.15, -0.1) is 35.3 Å². The monoisotopic (exact) mass is 519 g/mol. The third-order valence-corrected chi connectivity index (χ3v) is 4.55. The summed E-state index contributed by atoms with van der Waals surface area (Å²) in [6, 6.07) is 3.69. The Kier molecular flexibility index (Phi) is 10.5. The number of aromatic nitrogens is 1. The van der Waals surface area contributed by atoms with Gasteiger partial charge in [0.1, 0.15) is 12.3 Å². The maximum Gasteiger partial charge on any atom is 0.261 e. The van der Waals surface area contributed by atoms with E-state index in [2.05, 4.69) is 46.7 Å². The van der Waals surface area contributed by atoms with Gasteiger partial charge in [-0.1, -0.05) is 26.8 Å². The number of guanidine groups is 1. The van der Waals surface area contributed by atoms with Crippen molar-refractivity contribution in [2.75, 3.05) is 19.6 Å². The highest BCUT2D eigenvalue weighted by molar-refractivity contribution is 14.0. The number of hydrogen-bond donors (Lipinski definition) is 3. The van der Waals surface area contributed by atoms with Crippen molar-refractivity contribution >= 4 is 47.2 Å². The number of hydrogen-bond acceptors (Lipinski definition) is 5. The van der Waals surface area contributed by atoms with E-state index in [0.717, 1.165) is 23.6 Å². The standard InChI is InChI=1S/C19H29N5O2S.HI/c1-5-20-18(24-13-16-23-12-15(26-16)19(2,3)4)22-10-7-9-21-17(25)14-8-6-11-27-14;/h6,8,11-12H,5,7,9-10,13H2,1-4H3,(H,21,25)(H2,20,22,24);1H. The number of thiophene rings is 1. The van der Waals surface area contributed by atoms with Crippen LogP contribution in [-0.2, 0) is 12.0 Å². The molecule has 0 saturated carbocycles. The molecule has 0 unspecified atom stereocenters. The van der Waals surface area contributed by atoms with E-state index in [4.69, 9.17) is 4.42 Å². The summed E-state index contributed by atoms with van der Waals surface area (Å²) in [5.41, 5.74) is -0.0642. The van der Waals surface area contributed by atoms with Crippen LogP contribution in [0.3, 0.4) is 0 Å². The van der Waals surface area contributed by atoms with Gasteiger partial charge in [0.2, 0.25) is 5.89 Å². The Hall–Kier alpha value is -1.62. The van der Waals surface area contributed by atoms with Crippen molar-refractivity contribution < 1.29 is 9.21 Å². The summed E-state index contributed by atoms with van der Waals surface area (Å²) in [6.45, 7) is 10.7. The average molecular weight is 519 g/mol. The predicted molar refractivity (Wildman–Crippen MR) is 125 cm³/mol. The van der Waals surface area contributed by atoms with E-state index >= 15 is 0 Å². The molecule has 0 bridgehead atoms. The van der Waals surface area contributed by atoms with Crippen molar-refractivity contribution in [1.29, 1.82) is 0 Å². The second kappa shape index (κ2) is 12.1. The van der Waals surface area contributed by atoms with Crippen LogP contribution in [0.25, 0.3) is 0 Å². The summed E-state index contributed by atoms with van der Waals surface area (Å²) in [5, 5.41) is 11.3. The minimum Gasteiger partial charge on any atom is -0.443 e. The molecule has 7 nitrogen and oxygen atoms in total. The molecule has 0 radical (unpaired) electrons. The molecule has 0 aliphatic carbocycles. The van der Waals surface area contributed by atoms with Gasteiger partial charge in [0.05, 0.1) is 11.1 Å². The number of carbonyl (C=O) groups excluding carboxylic acids is 1. The van der Waals surface area contributed by atoms with E-state index in [-0.39, 0.29) is 35.3 Å². The molecule has 9 heteroatoms. The number of carbonyl (C=O) groups is 1. The highest BCUT2D eigenvalue weighted by Gasteiger charge is 2.19. The molecule has 0 spiro atoms. The maximum absolute atomic E-state index is 11.9. The lowest BCUT2D eigenvalue weighted by atomic mass is 9.94. The second-order valence-electron chi connectivity index (χ2n) is 7.08. The zero-order valence-corrected chi connectivity index (χ0v) is 20.0. The molecular formula is C19H30IN5O2S. The van der Waals surface area contributed by atoms with Gasteiger partial charge < -0.3 is 20.4 Å². The molecule has 2 heterocycles. The van der Waals surface area contributed by atoms with E-state index in [1.54, 1.807) is 6.20 Å². The Bertz CT molecular complexity index is 738. The summed E-state index contributed by atoms with van der Waals surface area (Å²) in [6.07, 6.45) is 2.57. The van der Waals surface area contributed by atoms with Crippen LogP contribution in [0.5, 0.6) is 0 Å². The van der Waals surface area contributed by atoms with Crippen molar-refractivity contribution in [2.24, 2.45) is 4.99 Å². The fourth-order valence-corrected chi connectivity index (χ4v) is 2.85. The number of nitrogens with one attached hydrogen (secondary N) is 3. The molecule has 2 aromatic heterocycles. The first-order valence-corrected chi connectivity index (χ1v) is 10.1. The Labute approximate surface area is 187 Å². The van der Waals surface area contributed by atoms with Crippen LogP contribution in [0, 0.1) is 0 Å². The van der Waals surface area contributed by atoms with Gasteiger partial charge >= 0.3 is 0 Å². The zero-order valence-electron chi connectivity index (χ0n) is 16.9. The SMILES string of the molecule is CCNC(=NCc1ncc(C(C)(C)C)o1)NCCCNC(=O)c1cccs1.I. The Morgan fingerprint density at radius 3 is 2.61 bits per heavy atom. The van der Waals surface area contributed by atoms with E-state index in [1.165, 1.54) is 11.3 Å². The molecule has 2 rings (SSSR count). The van der Waals surface area contributed by atoms with Crippen LogP contribution in [0.4, 0.5) is 0 Å². The minimum absolute atomic E-state index is 0. The molecule has 0 saturated heterocycles. The molecular weight excluding hydrogens is 489 g/mol. The molecule has 0 aliphatic rings. The molecule has 1 amide bonds. The van der Waals surface area contributed by atoms with Crippen molar-refractivity contribution in [3.8, 4) is 0 Å². The number of aliphatic imine (C=N–C) groups is 1. The third-order valence-electron chi connectivity index (χ3n) is 3.69. The van der Waals surface area contributed by atoms with Crippen molar-refractivity contribution in [2.45, 2.75) is 46.1 Å². The van der Waals surface area contributed by atoms with Gasteiger partial charge in [-0.3, -0.25) is 4.79 Å². The van der Waals surface area contributed by atoms with E-state index in [1.807, 2.05) is 24.4 Å². The van der Waals surface area contributed by atoms with Crippen LogP contribution >= 0.6 is 35.3 Å². The van der Waals surface area contributed by atoms with Gasteiger partial charge in [-0.05, 0) is 24.8 Å². The zero-order chi connectivity index (χ0) is 19.7. The topological polar surface area (TPSA) is 91.6 Å². The largest absolute Gasteiger partial charge is 0.443 e. The summed E-state index contributed by atoms with van der Waals surface area (Å²) in [7, 11) is 0. The molecule has 28 heavy (non-hydrogen) atoms. The first-order valence-electron chi connectivity index (χ1n) is 9.19. The van der Waals surface area contributed by atoms with Gasteiger partial charge in [0.25, 0.3) is 5.91 Å². The van der Waals surface area contributed by atoms with Crippen LogP contribution in [-0.4, -0.2) is 36.5 Å². The van der Waals surface area contributed by atoms with Crippen molar-refractivity contribution in [3.05, 3.63) is 40.2 Å². The molecule has 2 aromatic rings. The number of amides is 1. The van der Waals surface area contributed by atoms with E-state index < -0.39 is 0 Å². The third kappa shape index (κ3) is 8.17. The molecule has 156 valence electrons. The Morgan fingerprint density at radius 1 is 1.25 bits per heavy atom. The predicted octanol–water partition coefficient (Wildman–Crippen LogP) is 3.53. The number of rotatable bonds is 8. The lowest BCUT2D eigenvalue weighted by Crippen LogP contribution is -2.38. The van der Waals surface area contributed by atoms with Gasteiger partial charge in [0, 0.05) is 25.0 Å². The maximum atomic E-state index is 11.9. The number of nitrogens with zero attached hydrogens (tertiary/aromatic N) is 2. The average Bonchev–Trinajstić information content (AvgIpc) is 3.30. The summed E-state index contributed by atoms with van der Waals surface area (Å²) < 4.78 is 5.76. The lowest BCUT2D eigenvalue weighted by Gasteiger charge is -2.13. The summed E-state index contributed by atoms with van der Waals surface area (Å²) in [5.74, 6) is 2.13. The van der Waals surface area contributed by atoms with Crippen molar-refractivity contribution in [1.82, 2.24) is 20.9 Å². The number of halogens is 1. The molecule has 0 fully saturated rings. The smallest absolute Gasteiger partial charge is 0.261 e. The highest BCUT2D eigenvalue weighted by atomic mass is 127. The van der Waals surface area contributed by atoms with Gasteiger partial charge in [-0.25, -0.2) is 9.98 Å². The molecule has 3 N–H and O–H groups in total. The highest BCUT2D eigenvalue weighted by Crippen LogP contribution is 2.22. The van der Waals surface area contributed by atoms with Gasteiger partial charge in [-0.2, -0.15) is 0 Å². The molecule has 0 aliphatic heterocycles. The second-order valence-corrected chi connectivity index (χ2v) is 8.02. The fourth-order valence-electron chi connectivity index (χ4n) is 2.21. The van der Waals surface area contributed by atoms with Crippen LogP contribution in [0.2, 0.25) is 0 Å². The number of oxazole rings is 1. The van der Waals surface area contributed by atoms with E-state index in [0.29, 0.717) is 31.5 Å². The van der Waals surface area contributed by atoms with Crippen LogP contribution in [0.15, 0.2) is 33.1 Å². The fraction of sp³-hybridized carbons (Fsp3) is 0.526. The van der Waals surface area contributed by atoms with E-state index in [9.17, 15) is 4.79 Å². The quantitative estimate of drug-likeness (QED) is 0.215. The first kappa shape index (κ1) is 24.4. The Balaban J connectivity index is 0.00000392. The lowest BCUT2D eigenvalue weighted by molar-refractivity contribution is 0.0957. The van der Waals surface area contributed by atoms with Gasteiger partial charge in [0.15, 0.2) is 5.96 Å². The molecule has 0 aromatic carbocycles. The normalized spacial score (nSPS) is 11.6. The minimum atomic E-state index is -0.0642. The Morgan fingerprint density at radius 2 is 2.00 bits per heavy atom. The van der Waals surface area contributed by atoms with Crippen LogP contribution in [0.1, 0.15) is 55.4 Å². The van der Waals surface area contributed by atoms with Crippen molar-refractivity contribution in [3.63, 3.8) is 0 Å². The summed E-state index contributed by atoms with van der Waals surface area (Å²) in [4.78, 5) is 21.4. The van der Waals surface area contributed by atoms with Crippen LogP contribution < -0.4 is 16.0 Å². The summed E-state index contributed by atoms with van der Waals surface area (Å²) >= 11 is 1.44. The molecule has 0 atom stereocenters.